The molecule has 3 N–H and O–H groups in total. The van der Waals surface area contributed by atoms with Crippen LogP contribution in [0.5, 0.6) is 0 Å². The number of hydrogen-bond donors (Lipinski definition) is 2. The summed E-state index contributed by atoms with van der Waals surface area (Å²) in [6.07, 6.45) is 5.92. The zero-order chi connectivity index (χ0) is 23.4. The highest BCUT2D eigenvalue weighted by molar-refractivity contribution is 6.30. The third-order valence-electron chi connectivity index (χ3n) is 6.37. The lowest BCUT2D eigenvalue weighted by atomic mass is 9.63. The van der Waals surface area contributed by atoms with Crippen LogP contribution in [0.15, 0.2) is 73.1 Å². The number of pyridine rings is 1. The SMILES string of the molecule is CN(CC(N)c1ccc(C(=O)Nc2ccncc2)cc1)C(=O)C1(c2ccc(Cl)cc2)CCC1. The molecule has 0 aliphatic heterocycles. The van der Waals surface area contributed by atoms with Gasteiger partial charge in [0.1, 0.15) is 0 Å². The number of aromatic nitrogens is 1. The van der Waals surface area contributed by atoms with Crippen LogP contribution < -0.4 is 11.1 Å². The van der Waals surface area contributed by atoms with Gasteiger partial charge in [-0.05, 0) is 60.4 Å². The molecule has 0 radical (unpaired) electrons. The molecule has 1 aromatic heterocycles. The summed E-state index contributed by atoms with van der Waals surface area (Å²) in [7, 11) is 1.80. The first-order valence-corrected chi connectivity index (χ1v) is 11.4. The van der Waals surface area contributed by atoms with Crippen LogP contribution in [-0.2, 0) is 10.2 Å². The van der Waals surface area contributed by atoms with E-state index in [-0.39, 0.29) is 17.9 Å². The molecule has 1 unspecified atom stereocenters. The van der Waals surface area contributed by atoms with Gasteiger partial charge in [0.25, 0.3) is 5.91 Å². The summed E-state index contributed by atoms with van der Waals surface area (Å²) in [6.45, 7) is 0.386. The summed E-state index contributed by atoms with van der Waals surface area (Å²) in [5.74, 6) is -0.122. The van der Waals surface area contributed by atoms with Gasteiger partial charge >= 0.3 is 0 Å². The first-order chi connectivity index (χ1) is 15.9. The lowest BCUT2D eigenvalue weighted by Gasteiger charge is -2.43. The molecule has 2 aromatic carbocycles. The second-order valence-corrected chi connectivity index (χ2v) is 8.98. The summed E-state index contributed by atoms with van der Waals surface area (Å²) in [5.41, 5.74) is 9.02. The van der Waals surface area contributed by atoms with Crippen molar-refractivity contribution < 1.29 is 9.59 Å². The normalized spacial score (nSPS) is 15.2. The van der Waals surface area contributed by atoms with Crippen molar-refractivity contribution in [2.75, 3.05) is 18.9 Å². The minimum atomic E-state index is -0.492. The van der Waals surface area contributed by atoms with E-state index in [2.05, 4.69) is 10.3 Å². The van der Waals surface area contributed by atoms with E-state index in [1.807, 2.05) is 36.4 Å². The number of hydrogen-bond acceptors (Lipinski definition) is 4. The average Bonchev–Trinajstić information content (AvgIpc) is 2.80. The molecule has 0 spiro atoms. The van der Waals surface area contributed by atoms with Crippen LogP contribution in [0.2, 0.25) is 5.02 Å². The van der Waals surface area contributed by atoms with Crippen molar-refractivity contribution in [3.63, 3.8) is 0 Å². The van der Waals surface area contributed by atoms with Crippen molar-refractivity contribution in [3.05, 3.63) is 94.8 Å². The third kappa shape index (κ3) is 4.92. The fourth-order valence-electron chi connectivity index (χ4n) is 4.29. The molecule has 7 heteroatoms. The maximum Gasteiger partial charge on any atom is 0.255 e. The number of amides is 2. The molecule has 0 bridgehead atoms. The number of likely N-dealkylation sites (N-methyl/N-ethyl adjacent to an activating group) is 1. The summed E-state index contributed by atoms with van der Waals surface area (Å²) >= 11 is 6.03. The van der Waals surface area contributed by atoms with Crippen LogP contribution in [0.3, 0.4) is 0 Å². The van der Waals surface area contributed by atoms with Gasteiger partial charge in [-0.25, -0.2) is 0 Å². The molecule has 1 fully saturated rings. The molecule has 170 valence electrons. The molecule has 1 saturated carbocycles. The lowest BCUT2D eigenvalue weighted by Crippen LogP contribution is -2.51. The second-order valence-electron chi connectivity index (χ2n) is 8.55. The van der Waals surface area contributed by atoms with Crippen LogP contribution in [0, 0.1) is 0 Å². The van der Waals surface area contributed by atoms with Crippen molar-refractivity contribution in [3.8, 4) is 0 Å². The van der Waals surface area contributed by atoms with Gasteiger partial charge in [-0.3, -0.25) is 14.6 Å². The molecular weight excluding hydrogens is 436 g/mol. The fraction of sp³-hybridized carbons (Fsp3) is 0.269. The Hall–Kier alpha value is -3.22. The quantitative estimate of drug-likeness (QED) is 0.538. The average molecular weight is 463 g/mol. The number of benzene rings is 2. The van der Waals surface area contributed by atoms with Gasteiger partial charge < -0.3 is 16.0 Å². The predicted octanol–water partition coefficient (Wildman–Crippen LogP) is 4.57. The van der Waals surface area contributed by atoms with Crippen LogP contribution in [0.1, 0.15) is 46.8 Å². The number of nitrogens with two attached hydrogens (primary N) is 1. The van der Waals surface area contributed by atoms with Gasteiger partial charge in [0, 0.05) is 48.3 Å². The fourth-order valence-corrected chi connectivity index (χ4v) is 4.42. The first-order valence-electron chi connectivity index (χ1n) is 11.0. The Balaban J connectivity index is 1.40. The van der Waals surface area contributed by atoms with Gasteiger partial charge in [-0.15, -0.1) is 0 Å². The van der Waals surface area contributed by atoms with E-state index in [4.69, 9.17) is 17.3 Å². The third-order valence-corrected chi connectivity index (χ3v) is 6.62. The molecule has 2 amide bonds. The highest BCUT2D eigenvalue weighted by Crippen LogP contribution is 2.45. The summed E-state index contributed by atoms with van der Waals surface area (Å²) in [6, 6.07) is 17.8. The largest absolute Gasteiger partial charge is 0.343 e. The monoisotopic (exact) mass is 462 g/mol. The Bertz CT molecular complexity index is 1110. The molecule has 4 rings (SSSR count). The van der Waals surface area contributed by atoms with Crippen LogP contribution >= 0.6 is 11.6 Å². The minimum absolute atomic E-state index is 0.0832. The number of carbonyl (C=O) groups is 2. The van der Waals surface area contributed by atoms with E-state index < -0.39 is 5.41 Å². The van der Waals surface area contributed by atoms with Crippen LogP contribution in [0.4, 0.5) is 5.69 Å². The van der Waals surface area contributed by atoms with Crippen molar-refractivity contribution in [2.45, 2.75) is 30.7 Å². The summed E-state index contributed by atoms with van der Waals surface area (Å²) in [5, 5.41) is 3.49. The van der Waals surface area contributed by atoms with Crippen molar-refractivity contribution in [2.24, 2.45) is 5.73 Å². The molecule has 33 heavy (non-hydrogen) atoms. The number of nitrogens with zero attached hydrogens (tertiary/aromatic N) is 2. The summed E-state index contributed by atoms with van der Waals surface area (Å²) in [4.78, 5) is 31.5. The van der Waals surface area contributed by atoms with Gasteiger partial charge in [0.05, 0.1) is 5.41 Å². The van der Waals surface area contributed by atoms with E-state index >= 15 is 0 Å². The molecular formula is C26H27ClN4O2. The summed E-state index contributed by atoms with van der Waals surface area (Å²) < 4.78 is 0. The van der Waals surface area contributed by atoms with Gasteiger partial charge in [0.2, 0.25) is 5.91 Å². The molecule has 1 heterocycles. The van der Waals surface area contributed by atoms with E-state index in [0.717, 1.165) is 30.4 Å². The van der Waals surface area contributed by atoms with Gasteiger partial charge in [0.15, 0.2) is 0 Å². The molecule has 3 aromatic rings. The van der Waals surface area contributed by atoms with Crippen molar-refractivity contribution in [1.29, 1.82) is 0 Å². The maximum absolute atomic E-state index is 13.4. The Morgan fingerprint density at radius 2 is 1.70 bits per heavy atom. The van der Waals surface area contributed by atoms with E-state index in [1.54, 1.807) is 48.6 Å². The zero-order valence-electron chi connectivity index (χ0n) is 18.5. The zero-order valence-corrected chi connectivity index (χ0v) is 19.3. The highest BCUT2D eigenvalue weighted by atomic mass is 35.5. The number of carbonyl (C=O) groups excluding carboxylic acids is 2. The van der Waals surface area contributed by atoms with E-state index in [9.17, 15) is 9.59 Å². The minimum Gasteiger partial charge on any atom is -0.343 e. The smallest absolute Gasteiger partial charge is 0.255 e. The number of halogens is 1. The second kappa shape index (κ2) is 9.73. The van der Waals surface area contributed by atoms with Crippen LogP contribution in [-0.4, -0.2) is 35.3 Å². The Kier molecular flexibility index (Phi) is 6.77. The Morgan fingerprint density at radius 1 is 1.06 bits per heavy atom. The van der Waals surface area contributed by atoms with E-state index in [1.165, 1.54) is 0 Å². The lowest BCUT2D eigenvalue weighted by molar-refractivity contribution is -0.139. The number of anilines is 1. The van der Waals surface area contributed by atoms with Gasteiger partial charge in [-0.2, -0.15) is 0 Å². The molecule has 6 nitrogen and oxygen atoms in total. The standard InChI is InChI=1S/C26H27ClN4O2/c1-31(25(33)26(13-2-14-26)20-7-9-21(27)10-8-20)17-23(28)18-3-5-19(6-4-18)24(32)30-22-11-15-29-16-12-22/h3-12,15-16,23H,2,13-14,17,28H2,1H3,(H,29,30,32). The molecule has 0 saturated heterocycles. The predicted molar refractivity (Wildman–Crippen MR) is 130 cm³/mol. The topological polar surface area (TPSA) is 88.3 Å². The first kappa shape index (κ1) is 23.0. The number of nitrogens with one attached hydrogen (secondary N) is 1. The van der Waals surface area contributed by atoms with Crippen molar-refractivity contribution >= 4 is 29.1 Å². The highest BCUT2D eigenvalue weighted by Gasteiger charge is 2.47. The maximum atomic E-state index is 13.4. The Morgan fingerprint density at radius 3 is 2.27 bits per heavy atom. The van der Waals surface area contributed by atoms with E-state index in [0.29, 0.717) is 22.8 Å². The van der Waals surface area contributed by atoms with Crippen LogP contribution in [0.25, 0.3) is 0 Å². The van der Waals surface area contributed by atoms with Gasteiger partial charge in [-0.1, -0.05) is 42.3 Å². The Labute approximate surface area is 198 Å². The van der Waals surface area contributed by atoms with Crippen molar-refractivity contribution in [1.82, 2.24) is 9.88 Å². The molecule has 1 aliphatic rings. The number of rotatable bonds is 7. The molecule has 1 atom stereocenters. The molecule has 1 aliphatic carbocycles.